The van der Waals surface area contributed by atoms with Gasteiger partial charge in [-0.15, -0.1) is 0 Å². The van der Waals surface area contributed by atoms with Crippen molar-refractivity contribution in [2.24, 2.45) is 0 Å². The van der Waals surface area contributed by atoms with Crippen molar-refractivity contribution in [3.8, 4) is 0 Å². The van der Waals surface area contributed by atoms with Gasteiger partial charge >= 0.3 is 0 Å². The van der Waals surface area contributed by atoms with Crippen LogP contribution in [0.1, 0.15) is 19.3 Å². The molecule has 1 atom stereocenters. The molecule has 104 valence electrons. The van der Waals surface area contributed by atoms with E-state index >= 15 is 0 Å². The van der Waals surface area contributed by atoms with Crippen molar-refractivity contribution in [3.63, 3.8) is 0 Å². The van der Waals surface area contributed by atoms with E-state index in [4.69, 9.17) is 10.5 Å². The number of rotatable bonds is 4. The van der Waals surface area contributed by atoms with E-state index < -0.39 is 4.92 Å². The Bertz CT molecular complexity index is 458. The van der Waals surface area contributed by atoms with Gasteiger partial charge in [0, 0.05) is 32.0 Å². The van der Waals surface area contributed by atoms with Gasteiger partial charge in [0.15, 0.2) is 0 Å². The third kappa shape index (κ3) is 3.35. The number of nitrogens with two attached hydrogens (primary N) is 1. The van der Waals surface area contributed by atoms with Gasteiger partial charge in [-0.1, -0.05) is 0 Å². The van der Waals surface area contributed by atoms with Crippen molar-refractivity contribution in [1.29, 1.82) is 0 Å². The maximum Gasteiger partial charge on any atom is 0.292 e. The SMILES string of the molecule is CN(CC1CCCCO1)c1ccc([N+](=O)[O-])c(N)c1. The molecular formula is C13H19N3O3. The highest BCUT2D eigenvalue weighted by Gasteiger charge is 2.18. The molecule has 19 heavy (non-hydrogen) atoms. The molecule has 0 spiro atoms. The molecule has 1 aliphatic rings. The Hall–Kier alpha value is -1.82. The second-order valence-corrected chi connectivity index (χ2v) is 4.87. The molecule has 0 saturated carbocycles. The summed E-state index contributed by atoms with van der Waals surface area (Å²) in [6.45, 7) is 1.60. The quantitative estimate of drug-likeness (QED) is 0.512. The highest BCUT2D eigenvalue weighted by atomic mass is 16.6. The number of nitrogen functional groups attached to an aromatic ring is 1. The first-order valence-electron chi connectivity index (χ1n) is 6.44. The molecule has 6 nitrogen and oxygen atoms in total. The van der Waals surface area contributed by atoms with Crippen LogP contribution in [0.4, 0.5) is 17.1 Å². The number of ether oxygens (including phenoxy) is 1. The van der Waals surface area contributed by atoms with Crippen molar-refractivity contribution < 1.29 is 9.66 Å². The molecule has 1 aliphatic heterocycles. The molecule has 6 heteroatoms. The Balaban J connectivity index is 2.04. The molecule has 1 heterocycles. The number of hydrogen-bond donors (Lipinski definition) is 1. The van der Waals surface area contributed by atoms with Crippen molar-refractivity contribution in [1.82, 2.24) is 0 Å². The van der Waals surface area contributed by atoms with Crippen molar-refractivity contribution >= 4 is 17.1 Å². The molecule has 2 rings (SSSR count). The molecule has 0 aromatic heterocycles. The summed E-state index contributed by atoms with van der Waals surface area (Å²) in [6, 6.07) is 4.81. The van der Waals surface area contributed by atoms with Gasteiger partial charge in [-0.2, -0.15) is 0 Å². The van der Waals surface area contributed by atoms with Gasteiger partial charge in [0.05, 0.1) is 11.0 Å². The number of anilines is 2. The minimum Gasteiger partial charge on any atom is -0.393 e. The number of nitro groups is 1. The van der Waals surface area contributed by atoms with Gasteiger partial charge in [0.2, 0.25) is 0 Å². The van der Waals surface area contributed by atoms with Crippen LogP contribution >= 0.6 is 0 Å². The highest BCUT2D eigenvalue weighted by Crippen LogP contribution is 2.27. The van der Waals surface area contributed by atoms with E-state index in [0.29, 0.717) is 0 Å². The summed E-state index contributed by atoms with van der Waals surface area (Å²) < 4.78 is 5.68. The van der Waals surface area contributed by atoms with Gasteiger partial charge in [-0.25, -0.2) is 0 Å². The molecule has 1 aromatic rings. The summed E-state index contributed by atoms with van der Waals surface area (Å²) in [5.74, 6) is 0. The minimum absolute atomic E-state index is 0.0499. The summed E-state index contributed by atoms with van der Waals surface area (Å²) in [6.07, 6.45) is 3.62. The first kappa shape index (κ1) is 13.6. The zero-order valence-corrected chi connectivity index (χ0v) is 11.0. The lowest BCUT2D eigenvalue weighted by Gasteiger charge is -2.28. The van der Waals surface area contributed by atoms with E-state index in [1.807, 2.05) is 11.9 Å². The molecule has 0 radical (unpaired) electrons. The van der Waals surface area contributed by atoms with Crippen LogP contribution in [0.3, 0.4) is 0 Å². The fourth-order valence-electron chi connectivity index (χ4n) is 2.31. The Labute approximate surface area is 112 Å². The van der Waals surface area contributed by atoms with Crippen LogP contribution < -0.4 is 10.6 Å². The first-order valence-corrected chi connectivity index (χ1v) is 6.44. The van der Waals surface area contributed by atoms with Gasteiger partial charge < -0.3 is 15.4 Å². The van der Waals surface area contributed by atoms with Gasteiger partial charge in [0.1, 0.15) is 5.69 Å². The Morgan fingerprint density at radius 1 is 1.53 bits per heavy atom. The number of likely N-dealkylation sites (N-methyl/N-ethyl adjacent to an activating group) is 1. The zero-order valence-electron chi connectivity index (χ0n) is 11.0. The van der Waals surface area contributed by atoms with Crippen molar-refractivity contribution in [2.75, 3.05) is 30.8 Å². The van der Waals surface area contributed by atoms with Crippen molar-refractivity contribution in [3.05, 3.63) is 28.3 Å². The summed E-state index contributed by atoms with van der Waals surface area (Å²) in [5, 5.41) is 10.7. The van der Waals surface area contributed by atoms with E-state index in [1.54, 1.807) is 12.1 Å². The van der Waals surface area contributed by atoms with Crippen molar-refractivity contribution in [2.45, 2.75) is 25.4 Å². The van der Waals surface area contributed by atoms with Crippen LogP contribution in [0.15, 0.2) is 18.2 Å². The van der Waals surface area contributed by atoms with Gasteiger partial charge in [-0.3, -0.25) is 10.1 Å². The molecule has 2 N–H and O–H groups in total. The van der Waals surface area contributed by atoms with Crippen LogP contribution in [0.5, 0.6) is 0 Å². The summed E-state index contributed by atoms with van der Waals surface area (Å²) in [5.41, 5.74) is 6.71. The Morgan fingerprint density at radius 2 is 2.32 bits per heavy atom. The predicted octanol–water partition coefficient (Wildman–Crippen LogP) is 2.18. The number of nitro benzene ring substituents is 1. The van der Waals surface area contributed by atoms with Crippen LogP contribution in [-0.2, 0) is 4.74 Å². The molecule has 0 amide bonds. The molecule has 1 unspecified atom stereocenters. The largest absolute Gasteiger partial charge is 0.393 e. The third-order valence-electron chi connectivity index (χ3n) is 3.40. The fourth-order valence-corrected chi connectivity index (χ4v) is 2.31. The average molecular weight is 265 g/mol. The molecule has 1 saturated heterocycles. The summed E-state index contributed by atoms with van der Waals surface area (Å²) in [4.78, 5) is 12.3. The lowest BCUT2D eigenvalue weighted by Crippen LogP contribution is -2.33. The topological polar surface area (TPSA) is 81.6 Å². The average Bonchev–Trinajstić information content (AvgIpc) is 2.39. The van der Waals surface area contributed by atoms with Crippen LogP contribution in [0.2, 0.25) is 0 Å². The first-order chi connectivity index (χ1) is 9.08. The lowest BCUT2D eigenvalue weighted by atomic mass is 10.1. The lowest BCUT2D eigenvalue weighted by molar-refractivity contribution is -0.383. The third-order valence-corrected chi connectivity index (χ3v) is 3.40. The number of hydrogen-bond acceptors (Lipinski definition) is 5. The summed E-state index contributed by atoms with van der Waals surface area (Å²) in [7, 11) is 1.94. The molecule has 0 aliphatic carbocycles. The smallest absolute Gasteiger partial charge is 0.292 e. The van der Waals surface area contributed by atoms with E-state index in [-0.39, 0.29) is 17.5 Å². The zero-order chi connectivity index (χ0) is 13.8. The van der Waals surface area contributed by atoms with Gasteiger partial charge in [-0.05, 0) is 31.4 Å². The second-order valence-electron chi connectivity index (χ2n) is 4.87. The number of benzene rings is 1. The van der Waals surface area contributed by atoms with E-state index in [0.717, 1.165) is 31.7 Å². The van der Waals surface area contributed by atoms with Gasteiger partial charge in [0.25, 0.3) is 5.69 Å². The standard InChI is InChI=1S/C13H19N3O3/c1-15(9-11-4-2-3-7-19-11)10-5-6-13(16(17)18)12(14)8-10/h5-6,8,11H,2-4,7,9,14H2,1H3. The predicted molar refractivity (Wildman–Crippen MR) is 74.4 cm³/mol. The number of nitrogens with zero attached hydrogens (tertiary/aromatic N) is 2. The molecule has 0 bridgehead atoms. The van der Waals surface area contributed by atoms with Crippen LogP contribution in [-0.4, -0.2) is 31.2 Å². The Kier molecular flexibility index (Phi) is 4.21. The fraction of sp³-hybridized carbons (Fsp3) is 0.538. The second kappa shape index (κ2) is 5.88. The molecular weight excluding hydrogens is 246 g/mol. The highest BCUT2D eigenvalue weighted by molar-refractivity contribution is 5.66. The summed E-state index contributed by atoms with van der Waals surface area (Å²) >= 11 is 0. The van der Waals surface area contributed by atoms with E-state index in [9.17, 15) is 10.1 Å². The van der Waals surface area contributed by atoms with E-state index in [2.05, 4.69) is 0 Å². The monoisotopic (exact) mass is 265 g/mol. The molecule has 1 aromatic carbocycles. The molecule has 1 fully saturated rings. The Morgan fingerprint density at radius 3 is 2.89 bits per heavy atom. The maximum atomic E-state index is 10.7. The maximum absolute atomic E-state index is 10.7. The normalized spacial score (nSPS) is 19.1. The van der Waals surface area contributed by atoms with E-state index in [1.165, 1.54) is 12.5 Å². The minimum atomic E-state index is -0.469. The van der Waals surface area contributed by atoms with Crippen LogP contribution in [0, 0.1) is 10.1 Å². The van der Waals surface area contributed by atoms with Crippen LogP contribution in [0.25, 0.3) is 0 Å².